The molecule has 0 atom stereocenters. The van der Waals surface area contributed by atoms with Gasteiger partial charge in [0.1, 0.15) is 11.3 Å². The molecule has 2 heterocycles. The number of rotatable bonds is 3. The van der Waals surface area contributed by atoms with Crippen molar-refractivity contribution in [2.45, 2.75) is 26.3 Å². The number of imidazole rings is 1. The third-order valence-corrected chi connectivity index (χ3v) is 4.05. The molecule has 6 heteroatoms. The molecule has 3 aromatic rings. The average Bonchev–Trinajstić information content (AvgIpc) is 2.97. The van der Waals surface area contributed by atoms with Gasteiger partial charge in [0, 0.05) is 16.7 Å². The first kappa shape index (κ1) is 13.6. The van der Waals surface area contributed by atoms with Crippen LogP contribution in [-0.2, 0) is 12.4 Å². The molecule has 104 valence electrons. The van der Waals surface area contributed by atoms with Gasteiger partial charge in [-0.1, -0.05) is 15.9 Å². The van der Waals surface area contributed by atoms with E-state index in [1.165, 1.54) is 0 Å². The van der Waals surface area contributed by atoms with Crippen LogP contribution in [0.15, 0.2) is 28.7 Å². The SMILES string of the molecule is CCn1nc(C)c2nc(CCl)n(-c3ccc(Br)cc3)c21. The zero-order chi connectivity index (χ0) is 14.3. The smallest absolute Gasteiger partial charge is 0.163 e. The van der Waals surface area contributed by atoms with Crippen molar-refractivity contribution < 1.29 is 0 Å². The van der Waals surface area contributed by atoms with Gasteiger partial charge in [-0.3, -0.25) is 4.57 Å². The zero-order valence-electron chi connectivity index (χ0n) is 11.3. The Morgan fingerprint density at radius 3 is 2.55 bits per heavy atom. The van der Waals surface area contributed by atoms with Gasteiger partial charge < -0.3 is 0 Å². The Morgan fingerprint density at radius 1 is 1.25 bits per heavy atom. The number of fused-ring (bicyclic) bond motifs is 1. The Morgan fingerprint density at radius 2 is 1.95 bits per heavy atom. The lowest BCUT2D eigenvalue weighted by atomic mass is 10.3. The lowest BCUT2D eigenvalue weighted by Crippen LogP contribution is -2.06. The lowest BCUT2D eigenvalue weighted by Gasteiger charge is -2.09. The predicted octanol–water partition coefficient (Wildman–Crippen LogP) is 4.05. The molecule has 0 aliphatic rings. The van der Waals surface area contributed by atoms with Crippen LogP contribution in [0.1, 0.15) is 18.4 Å². The van der Waals surface area contributed by atoms with Gasteiger partial charge in [-0.25, -0.2) is 9.67 Å². The maximum absolute atomic E-state index is 6.07. The van der Waals surface area contributed by atoms with E-state index >= 15 is 0 Å². The molecule has 2 aromatic heterocycles. The van der Waals surface area contributed by atoms with E-state index in [0.29, 0.717) is 5.88 Å². The summed E-state index contributed by atoms with van der Waals surface area (Å²) in [5.41, 5.74) is 3.90. The van der Waals surface area contributed by atoms with Crippen LogP contribution < -0.4 is 0 Å². The first-order valence-corrected chi connectivity index (χ1v) is 7.75. The third-order valence-electron chi connectivity index (χ3n) is 3.28. The number of halogens is 2. The Labute approximate surface area is 130 Å². The average molecular weight is 354 g/mol. The molecule has 0 unspecified atom stereocenters. The van der Waals surface area contributed by atoms with Crippen LogP contribution in [0.25, 0.3) is 16.9 Å². The van der Waals surface area contributed by atoms with E-state index < -0.39 is 0 Å². The van der Waals surface area contributed by atoms with E-state index in [4.69, 9.17) is 11.6 Å². The highest BCUT2D eigenvalue weighted by atomic mass is 79.9. The fourth-order valence-corrected chi connectivity index (χ4v) is 2.83. The summed E-state index contributed by atoms with van der Waals surface area (Å²) in [7, 11) is 0. The van der Waals surface area contributed by atoms with Gasteiger partial charge in [-0.2, -0.15) is 5.10 Å². The van der Waals surface area contributed by atoms with E-state index in [1.54, 1.807) is 0 Å². The number of alkyl halides is 1. The number of benzene rings is 1. The molecule has 0 saturated carbocycles. The number of aromatic nitrogens is 4. The molecule has 0 aliphatic carbocycles. The molecule has 20 heavy (non-hydrogen) atoms. The van der Waals surface area contributed by atoms with Crippen LogP contribution >= 0.6 is 27.5 Å². The van der Waals surface area contributed by atoms with Gasteiger partial charge in [-0.05, 0) is 38.1 Å². The van der Waals surface area contributed by atoms with Gasteiger partial charge in [0.05, 0.1) is 11.6 Å². The van der Waals surface area contributed by atoms with Crippen molar-refractivity contribution >= 4 is 38.7 Å². The van der Waals surface area contributed by atoms with Crippen LogP contribution in [0.4, 0.5) is 0 Å². The molecular weight excluding hydrogens is 340 g/mol. The molecular formula is C14H14BrClN4. The van der Waals surface area contributed by atoms with Crippen molar-refractivity contribution in [3.8, 4) is 5.69 Å². The highest BCUT2D eigenvalue weighted by Crippen LogP contribution is 2.25. The summed E-state index contributed by atoms with van der Waals surface area (Å²) in [6.07, 6.45) is 0. The van der Waals surface area contributed by atoms with E-state index in [9.17, 15) is 0 Å². The van der Waals surface area contributed by atoms with Crippen molar-refractivity contribution in [3.63, 3.8) is 0 Å². The summed E-state index contributed by atoms with van der Waals surface area (Å²) in [5, 5.41) is 4.53. The summed E-state index contributed by atoms with van der Waals surface area (Å²) in [6, 6.07) is 8.12. The van der Waals surface area contributed by atoms with Crippen molar-refractivity contribution in [1.82, 2.24) is 19.3 Å². The minimum absolute atomic E-state index is 0.369. The minimum atomic E-state index is 0.369. The summed E-state index contributed by atoms with van der Waals surface area (Å²) in [6.45, 7) is 4.85. The number of hydrogen-bond acceptors (Lipinski definition) is 2. The Bertz CT molecular complexity index is 758. The molecule has 3 rings (SSSR count). The molecule has 0 saturated heterocycles. The van der Waals surface area contributed by atoms with Crippen molar-refractivity contribution in [2.24, 2.45) is 0 Å². The normalized spacial score (nSPS) is 11.4. The highest BCUT2D eigenvalue weighted by molar-refractivity contribution is 9.10. The molecule has 4 nitrogen and oxygen atoms in total. The zero-order valence-corrected chi connectivity index (χ0v) is 13.6. The second-order valence-corrected chi connectivity index (χ2v) is 5.73. The maximum Gasteiger partial charge on any atom is 0.163 e. The van der Waals surface area contributed by atoms with Gasteiger partial charge in [0.15, 0.2) is 5.65 Å². The molecule has 0 fully saturated rings. The van der Waals surface area contributed by atoms with Crippen LogP contribution in [0, 0.1) is 6.92 Å². The second-order valence-electron chi connectivity index (χ2n) is 4.55. The first-order valence-electron chi connectivity index (χ1n) is 6.42. The van der Waals surface area contributed by atoms with Crippen molar-refractivity contribution in [3.05, 3.63) is 40.3 Å². The largest absolute Gasteiger partial charge is 0.280 e. The molecule has 0 bridgehead atoms. The molecule has 0 spiro atoms. The fraction of sp³-hybridized carbons (Fsp3) is 0.286. The van der Waals surface area contributed by atoms with Gasteiger partial charge in [-0.15, -0.1) is 11.6 Å². The second kappa shape index (κ2) is 5.22. The van der Waals surface area contributed by atoms with Crippen LogP contribution in [0.5, 0.6) is 0 Å². The Kier molecular flexibility index (Phi) is 3.56. The van der Waals surface area contributed by atoms with E-state index in [-0.39, 0.29) is 0 Å². The first-order chi connectivity index (χ1) is 9.65. The summed E-state index contributed by atoms with van der Waals surface area (Å²) in [4.78, 5) is 4.63. The Hall–Kier alpha value is -1.33. The minimum Gasteiger partial charge on any atom is -0.280 e. The lowest BCUT2D eigenvalue weighted by molar-refractivity contribution is 0.660. The predicted molar refractivity (Wildman–Crippen MR) is 84.5 cm³/mol. The fourth-order valence-electron chi connectivity index (χ4n) is 2.38. The number of nitrogens with zero attached hydrogens (tertiary/aromatic N) is 4. The number of aryl methyl sites for hydroxylation is 2. The summed E-state index contributed by atoms with van der Waals surface area (Å²) < 4.78 is 5.10. The summed E-state index contributed by atoms with van der Waals surface area (Å²) in [5.74, 6) is 1.21. The third kappa shape index (κ3) is 2.05. The molecule has 1 aromatic carbocycles. The van der Waals surface area contributed by atoms with Gasteiger partial charge >= 0.3 is 0 Å². The van der Waals surface area contributed by atoms with Crippen LogP contribution in [0.2, 0.25) is 0 Å². The maximum atomic E-state index is 6.07. The van der Waals surface area contributed by atoms with Crippen LogP contribution in [0.3, 0.4) is 0 Å². The number of hydrogen-bond donors (Lipinski definition) is 0. The summed E-state index contributed by atoms with van der Waals surface area (Å²) >= 11 is 9.53. The Balaban J connectivity index is 2.34. The molecule has 0 N–H and O–H groups in total. The highest BCUT2D eigenvalue weighted by Gasteiger charge is 2.18. The van der Waals surface area contributed by atoms with Crippen molar-refractivity contribution in [1.29, 1.82) is 0 Å². The quantitative estimate of drug-likeness (QED) is 0.666. The van der Waals surface area contributed by atoms with E-state index in [0.717, 1.165) is 39.4 Å². The molecule has 0 amide bonds. The monoisotopic (exact) mass is 352 g/mol. The molecule has 0 aliphatic heterocycles. The topological polar surface area (TPSA) is 35.6 Å². The molecule has 0 radical (unpaired) electrons. The van der Waals surface area contributed by atoms with Crippen LogP contribution in [-0.4, -0.2) is 19.3 Å². The van der Waals surface area contributed by atoms with Gasteiger partial charge in [0.25, 0.3) is 0 Å². The van der Waals surface area contributed by atoms with E-state index in [2.05, 4.69) is 37.5 Å². The van der Waals surface area contributed by atoms with E-state index in [1.807, 2.05) is 35.9 Å². The standard InChI is InChI=1S/C14H14BrClN4/c1-3-19-14-13(9(2)18-19)17-12(8-16)20(14)11-6-4-10(15)5-7-11/h4-7H,3,8H2,1-2H3. The van der Waals surface area contributed by atoms with Gasteiger partial charge in [0.2, 0.25) is 0 Å². The van der Waals surface area contributed by atoms with Crippen molar-refractivity contribution in [2.75, 3.05) is 0 Å².